The van der Waals surface area contributed by atoms with E-state index in [9.17, 15) is 0 Å². The number of hydrogen-bond acceptors (Lipinski definition) is 4. The van der Waals surface area contributed by atoms with Crippen molar-refractivity contribution in [2.75, 3.05) is 11.6 Å². The molecule has 0 spiro atoms. The smallest absolute Gasteiger partial charge is 0.148 e. The van der Waals surface area contributed by atoms with E-state index in [1.54, 1.807) is 6.20 Å². The zero-order chi connectivity index (χ0) is 10.1. The Morgan fingerprint density at radius 3 is 2.86 bits per heavy atom. The van der Waals surface area contributed by atoms with Crippen LogP contribution in [0.1, 0.15) is 6.92 Å². The predicted octanol–water partition coefficient (Wildman–Crippen LogP) is 1.57. The second-order valence-electron chi connectivity index (χ2n) is 3.34. The van der Waals surface area contributed by atoms with Gasteiger partial charge in [0.2, 0.25) is 0 Å². The summed E-state index contributed by atoms with van der Waals surface area (Å²) >= 11 is 3.34. The fourth-order valence-electron chi connectivity index (χ4n) is 1.30. The third-order valence-corrected chi connectivity index (χ3v) is 2.63. The fourth-order valence-corrected chi connectivity index (χ4v) is 1.53. The lowest BCUT2D eigenvalue weighted by Crippen LogP contribution is -2.20. The van der Waals surface area contributed by atoms with Gasteiger partial charge in [-0.1, -0.05) is 6.92 Å². The Labute approximate surface area is 90.9 Å². The number of amidine groups is 1. The molecule has 1 atom stereocenters. The zero-order valence-corrected chi connectivity index (χ0v) is 9.40. The molecule has 1 aromatic heterocycles. The van der Waals surface area contributed by atoms with Gasteiger partial charge in [-0.15, -0.1) is 0 Å². The molecule has 1 aliphatic rings. The Bertz CT molecular complexity index is 360. The highest BCUT2D eigenvalue weighted by Crippen LogP contribution is 2.20. The third-order valence-electron chi connectivity index (χ3n) is 2.16. The van der Waals surface area contributed by atoms with Crippen LogP contribution in [0.25, 0.3) is 0 Å². The standard InChI is InChI=1S/C9H11BrN4/c1-6-5-14(13-9(6)11)8-3-2-7(10)4-12-8/h2-4,6H,5H2,1H3,(H2,11,13). The largest absolute Gasteiger partial charge is 0.385 e. The van der Waals surface area contributed by atoms with Gasteiger partial charge in [0.15, 0.2) is 0 Å². The Balaban J connectivity index is 2.22. The summed E-state index contributed by atoms with van der Waals surface area (Å²) in [7, 11) is 0. The Morgan fingerprint density at radius 2 is 2.36 bits per heavy atom. The number of pyridine rings is 1. The van der Waals surface area contributed by atoms with Crippen LogP contribution < -0.4 is 10.7 Å². The van der Waals surface area contributed by atoms with Crippen molar-refractivity contribution in [3.8, 4) is 0 Å². The molecule has 0 bridgehead atoms. The van der Waals surface area contributed by atoms with E-state index >= 15 is 0 Å². The topological polar surface area (TPSA) is 54.5 Å². The molecule has 1 aromatic rings. The molecule has 2 N–H and O–H groups in total. The first kappa shape index (κ1) is 9.45. The summed E-state index contributed by atoms with van der Waals surface area (Å²) in [5, 5.41) is 6.05. The van der Waals surface area contributed by atoms with Gasteiger partial charge in [-0.25, -0.2) is 9.99 Å². The van der Waals surface area contributed by atoms with Crippen LogP contribution in [-0.4, -0.2) is 17.4 Å². The summed E-state index contributed by atoms with van der Waals surface area (Å²) < 4.78 is 0.963. The average molecular weight is 255 g/mol. The highest BCUT2D eigenvalue weighted by Gasteiger charge is 2.21. The molecule has 0 fully saturated rings. The van der Waals surface area contributed by atoms with Crippen molar-refractivity contribution in [1.29, 1.82) is 0 Å². The van der Waals surface area contributed by atoms with E-state index < -0.39 is 0 Å². The zero-order valence-electron chi connectivity index (χ0n) is 7.81. The van der Waals surface area contributed by atoms with Gasteiger partial charge >= 0.3 is 0 Å². The first-order valence-corrected chi connectivity index (χ1v) is 5.19. The molecule has 1 unspecified atom stereocenters. The molecule has 0 saturated heterocycles. The van der Waals surface area contributed by atoms with E-state index in [4.69, 9.17) is 5.73 Å². The monoisotopic (exact) mass is 254 g/mol. The molecule has 0 saturated carbocycles. The minimum atomic E-state index is 0.306. The molecule has 2 heterocycles. The van der Waals surface area contributed by atoms with E-state index in [-0.39, 0.29) is 0 Å². The summed E-state index contributed by atoms with van der Waals surface area (Å²) in [6.07, 6.45) is 1.75. The van der Waals surface area contributed by atoms with Gasteiger partial charge in [0, 0.05) is 16.6 Å². The van der Waals surface area contributed by atoms with E-state index in [0.29, 0.717) is 11.8 Å². The minimum Gasteiger partial charge on any atom is -0.385 e. The predicted molar refractivity (Wildman–Crippen MR) is 60.1 cm³/mol. The number of rotatable bonds is 1. The molecule has 1 aliphatic heterocycles. The van der Waals surface area contributed by atoms with Crippen molar-refractivity contribution in [3.63, 3.8) is 0 Å². The van der Waals surface area contributed by atoms with Crippen LogP contribution in [-0.2, 0) is 0 Å². The number of nitrogens with zero attached hydrogens (tertiary/aromatic N) is 3. The van der Waals surface area contributed by atoms with E-state index in [2.05, 4.69) is 32.9 Å². The van der Waals surface area contributed by atoms with E-state index in [1.165, 1.54) is 0 Å². The lowest BCUT2D eigenvalue weighted by molar-refractivity contribution is 0.764. The quantitative estimate of drug-likeness (QED) is 0.828. The van der Waals surface area contributed by atoms with Gasteiger partial charge < -0.3 is 5.73 Å². The van der Waals surface area contributed by atoms with Crippen molar-refractivity contribution < 1.29 is 0 Å². The lowest BCUT2D eigenvalue weighted by atomic mass is 10.2. The number of nitrogens with two attached hydrogens (primary N) is 1. The Morgan fingerprint density at radius 1 is 1.57 bits per heavy atom. The van der Waals surface area contributed by atoms with Crippen LogP contribution >= 0.6 is 15.9 Å². The molecule has 0 aromatic carbocycles. The SMILES string of the molecule is CC1CN(c2ccc(Br)cn2)N=C1N. The maximum atomic E-state index is 5.71. The maximum Gasteiger partial charge on any atom is 0.148 e. The molecule has 5 heteroatoms. The van der Waals surface area contributed by atoms with Crippen LogP contribution in [0.3, 0.4) is 0 Å². The average Bonchev–Trinajstić information content (AvgIpc) is 2.48. The molecule has 0 amide bonds. The van der Waals surface area contributed by atoms with Gasteiger partial charge in [0.25, 0.3) is 0 Å². The number of halogens is 1. The van der Waals surface area contributed by atoms with Crippen LogP contribution in [0, 0.1) is 5.92 Å². The minimum absolute atomic E-state index is 0.306. The van der Waals surface area contributed by atoms with Crippen molar-refractivity contribution in [3.05, 3.63) is 22.8 Å². The Kier molecular flexibility index (Phi) is 2.41. The second kappa shape index (κ2) is 3.57. The molecular weight excluding hydrogens is 244 g/mol. The molecule has 0 aliphatic carbocycles. The summed E-state index contributed by atoms with van der Waals surface area (Å²) in [6.45, 7) is 2.86. The Hall–Kier alpha value is -1.10. The molecular formula is C9H11BrN4. The van der Waals surface area contributed by atoms with Crippen molar-refractivity contribution >= 4 is 27.6 Å². The normalized spacial score (nSPS) is 21.1. The summed E-state index contributed by atoms with van der Waals surface area (Å²) in [4.78, 5) is 4.25. The molecule has 14 heavy (non-hydrogen) atoms. The van der Waals surface area contributed by atoms with Gasteiger partial charge in [0.05, 0.1) is 6.54 Å². The maximum absolute atomic E-state index is 5.71. The first-order valence-electron chi connectivity index (χ1n) is 4.40. The van der Waals surface area contributed by atoms with Crippen LogP contribution in [0.5, 0.6) is 0 Å². The molecule has 4 nitrogen and oxygen atoms in total. The highest BCUT2D eigenvalue weighted by atomic mass is 79.9. The highest BCUT2D eigenvalue weighted by molar-refractivity contribution is 9.10. The van der Waals surface area contributed by atoms with Crippen molar-refractivity contribution in [2.24, 2.45) is 16.8 Å². The van der Waals surface area contributed by atoms with Gasteiger partial charge in [-0.05, 0) is 28.1 Å². The van der Waals surface area contributed by atoms with Gasteiger partial charge in [0.1, 0.15) is 11.7 Å². The third kappa shape index (κ3) is 1.72. The number of anilines is 1. The van der Waals surface area contributed by atoms with E-state index in [0.717, 1.165) is 16.8 Å². The second-order valence-corrected chi connectivity index (χ2v) is 4.26. The lowest BCUT2D eigenvalue weighted by Gasteiger charge is -2.12. The summed E-state index contributed by atoms with van der Waals surface area (Å²) in [5.74, 6) is 1.82. The van der Waals surface area contributed by atoms with Crippen molar-refractivity contribution in [2.45, 2.75) is 6.92 Å². The van der Waals surface area contributed by atoms with Crippen molar-refractivity contribution in [1.82, 2.24) is 4.98 Å². The summed E-state index contributed by atoms with van der Waals surface area (Å²) in [5.41, 5.74) is 5.71. The first-order chi connectivity index (χ1) is 6.66. The van der Waals surface area contributed by atoms with Crippen LogP contribution in [0.15, 0.2) is 27.9 Å². The molecule has 74 valence electrons. The molecule has 0 radical (unpaired) electrons. The van der Waals surface area contributed by atoms with Gasteiger partial charge in [-0.3, -0.25) is 0 Å². The number of aromatic nitrogens is 1. The molecule has 2 rings (SSSR count). The summed E-state index contributed by atoms with van der Waals surface area (Å²) in [6, 6.07) is 3.86. The van der Waals surface area contributed by atoms with E-state index in [1.807, 2.05) is 17.1 Å². The van der Waals surface area contributed by atoms with Gasteiger partial charge in [-0.2, -0.15) is 5.10 Å². The van der Waals surface area contributed by atoms with Crippen LogP contribution in [0.2, 0.25) is 0 Å². The number of hydrogen-bond donors (Lipinski definition) is 1. The number of hydrazone groups is 1. The fraction of sp³-hybridized carbons (Fsp3) is 0.333. The van der Waals surface area contributed by atoms with Crippen LogP contribution in [0.4, 0.5) is 5.82 Å².